The first-order valence-corrected chi connectivity index (χ1v) is 8.99. The minimum atomic E-state index is -0.808. The van der Waals surface area contributed by atoms with Gasteiger partial charge in [0, 0.05) is 25.4 Å². The third-order valence-corrected chi connectivity index (χ3v) is 5.18. The molecule has 0 unspecified atom stereocenters. The molecule has 0 saturated heterocycles. The van der Waals surface area contributed by atoms with Crippen LogP contribution in [0.5, 0.6) is 5.75 Å². The molecule has 7 nitrogen and oxygen atoms in total. The predicted octanol–water partition coefficient (Wildman–Crippen LogP) is 1.91. The average Bonchev–Trinajstić information content (AvgIpc) is 2.64. The average molecular weight is 438 g/mol. The number of halogens is 2. The SMILES string of the molecule is C=CCN1C(=O)COc2cc(F)c(-n3c(=O)c(Br)c(CC)n(C)c3=O)cc21. The minimum Gasteiger partial charge on any atom is -0.481 e. The van der Waals surface area contributed by atoms with Gasteiger partial charge in [0.25, 0.3) is 11.5 Å². The summed E-state index contributed by atoms with van der Waals surface area (Å²) in [5.41, 5.74) is -0.835. The van der Waals surface area contributed by atoms with Gasteiger partial charge in [0.15, 0.2) is 12.4 Å². The first-order valence-electron chi connectivity index (χ1n) is 8.20. The molecule has 9 heteroatoms. The molecular formula is C18H17BrFN3O4. The van der Waals surface area contributed by atoms with Crippen molar-refractivity contribution >= 4 is 27.5 Å². The van der Waals surface area contributed by atoms with Crippen LogP contribution in [-0.2, 0) is 18.3 Å². The number of aromatic nitrogens is 2. The zero-order valence-electron chi connectivity index (χ0n) is 14.8. The summed E-state index contributed by atoms with van der Waals surface area (Å²) >= 11 is 3.20. The van der Waals surface area contributed by atoms with Crippen molar-refractivity contribution in [1.82, 2.24) is 9.13 Å². The number of carbonyl (C=O) groups excluding carboxylic acids is 1. The molecule has 0 fully saturated rings. The Morgan fingerprint density at radius 1 is 1.30 bits per heavy atom. The number of nitrogens with zero attached hydrogens (tertiary/aromatic N) is 3. The van der Waals surface area contributed by atoms with Gasteiger partial charge in [-0.3, -0.25) is 14.2 Å². The van der Waals surface area contributed by atoms with Crippen LogP contribution in [0.2, 0.25) is 0 Å². The van der Waals surface area contributed by atoms with Crippen LogP contribution in [-0.4, -0.2) is 28.2 Å². The maximum Gasteiger partial charge on any atom is 0.335 e. The highest BCUT2D eigenvalue weighted by Gasteiger charge is 2.28. The number of hydrogen-bond acceptors (Lipinski definition) is 4. The van der Waals surface area contributed by atoms with Crippen molar-refractivity contribution < 1.29 is 13.9 Å². The second-order valence-electron chi connectivity index (χ2n) is 5.95. The Bertz CT molecular complexity index is 1040. The standard InChI is InChI=1S/C18H17BrFN3O4/c1-4-6-22-13-8-12(10(20)7-14(13)27-9-15(22)24)23-17(25)16(19)11(5-2)21(3)18(23)26/h4,7-8H,1,5-6,9H2,2-3H3. The number of benzene rings is 1. The van der Waals surface area contributed by atoms with Crippen molar-refractivity contribution in [2.75, 3.05) is 18.1 Å². The number of carbonyl (C=O) groups is 1. The van der Waals surface area contributed by atoms with Crippen LogP contribution in [0.3, 0.4) is 0 Å². The lowest BCUT2D eigenvalue weighted by Crippen LogP contribution is -2.41. The van der Waals surface area contributed by atoms with Gasteiger partial charge in [0.2, 0.25) is 0 Å². The lowest BCUT2D eigenvalue weighted by Gasteiger charge is -2.29. The molecule has 1 amide bonds. The van der Waals surface area contributed by atoms with Crippen molar-refractivity contribution in [1.29, 1.82) is 0 Å². The van der Waals surface area contributed by atoms with Crippen molar-refractivity contribution in [2.45, 2.75) is 13.3 Å². The van der Waals surface area contributed by atoms with Gasteiger partial charge in [-0.2, -0.15) is 0 Å². The van der Waals surface area contributed by atoms with E-state index in [9.17, 15) is 18.8 Å². The van der Waals surface area contributed by atoms with Gasteiger partial charge in [-0.1, -0.05) is 13.0 Å². The van der Waals surface area contributed by atoms with Crippen LogP contribution < -0.4 is 20.9 Å². The van der Waals surface area contributed by atoms with Crippen molar-refractivity contribution in [3.8, 4) is 11.4 Å². The monoisotopic (exact) mass is 437 g/mol. The molecule has 2 heterocycles. The molecule has 142 valence electrons. The molecule has 0 radical (unpaired) electrons. The molecule has 0 saturated carbocycles. The molecule has 0 bridgehead atoms. The van der Waals surface area contributed by atoms with Gasteiger partial charge in [-0.05, 0) is 28.4 Å². The van der Waals surface area contributed by atoms with Gasteiger partial charge in [-0.15, -0.1) is 6.58 Å². The van der Waals surface area contributed by atoms with E-state index in [1.807, 2.05) is 0 Å². The second kappa shape index (κ2) is 7.15. The summed E-state index contributed by atoms with van der Waals surface area (Å²) in [5, 5.41) is 0. The second-order valence-corrected chi connectivity index (χ2v) is 6.74. The highest BCUT2D eigenvalue weighted by atomic mass is 79.9. The Labute approximate surface area is 162 Å². The maximum absolute atomic E-state index is 14.8. The van der Waals surface area contributed by atoms with E-state index in [2.05, 4.69) is 22.5 Å². The summed E-state index contributed by atoms with van der Waals surface area (Å²) in [6.07, 6.45) is 1.97. The van der Waals surface area contributed by atoms with E-state index in [1.54, 1.807) is 6.92 Å². The van der Waals surface area contributed by atoms with E-state index >= 15 is 0 Å². The number of anilines is 1. The van der Waals surface area contributed by atoms with Gasteiger partial charge < -0.3 is 9.64 Å². The molecule has 27 heavy (non-hydrogen) atoms. The van der Waals surface area contributed by atoms with Crippen LogP contribution in [0.15, 0.2) is 38.8 Å². The molecule has 1 aliphatic heterocycles. The predicted molar refractivity (Wildman–Crippen MR) is 102 cm³/mol. The fourth-order valence-electron chi connectivity index (χ4n) is 3.04. The Hall–Kier alpha value is -2.68. The normalized spacial score (nSPS) is 13.3. The zero-order chi connectivity index (χ0) is 19.9. The Kier molecular flexibility index (Phi) is 5.05. The fourth-order valence-corrected chi connectivity index (χ4v) is 3.76. The van der Waals surface area contributed by atoms with Crippen LogP contribution in [0.1, 0.15) is 12.6 Å². The molecule has 1 aromatic heterocycles. The lowest BCUT2D eigenvalue weighted by molar-refractivity contribution is -0.121. The number of rotatable bonds is 4. The van der Waals surface area contributed by atoms with E-state index in [4.69, 9.17) is 4.74 Å². The van der Waals surface area contributed by atoms with E-state index in [0.717, 1.165) is 10.6 Å². The number of ether oxygens (including phenoxy) is 1. The maximum atomic E-state index is 14.8. The Morgan fingerprint density at radius 2 is 2.00 bits per heavy atom. The molecule has 2 aromatic rings. The van der Waals surface area contributed by atoms with Crippen molar-refractivity contribution in [3.63, 3.8) is 0 Å². The molecule has 1 aliphatic rings. The van der Waals surface area contributed by atoms with Gasteiger partial charge in [-0.25, -0.2) is 13.8 Å². The number of hydrogen-bond donors (Lipinski definition) is 0. The number of amides is 1. The van der Waals surface area contributed by atoms with Gasteiger partial charge in [0.05, 0.1) is 11.4 Å². The molecule has 0 N–H and O–H groups in total. The summed E-state index contributed by atoms with van der Waals surface area (Å²) in [7, 11) is 1.51. The van der Waals surface area contributed by atoms with Gasteiger partial charge in [0.1, 0.15) is 10.2 Å². The molecular weight excluding hydrogens is 421 g/mol. The van der Waals surface area contributed by atoms with E-state index in [1.165, 1.54) is 28.7 Å². The fraction of sp³-hybridized carbons (Fsp3) is 0.278. The van der Waals surface area contributed by atoms with Crippen molar-refractivity contribution in [2.24, 2.45) is 7.05 Å². The van der Waals surface area contributed by atoms with Crippen LogP contribution in [0.4, 0.5) is 10.1 Å². The highest BCUT2D eigenvalue weighted by Crippen LogP contribution is 2.35. The Morgan fingerprint density at radius 3 is 2.63 bits per heavy atom. The first-order chi connectivity index (χ1) is 12.8. The highest BCUT2D eigenvalue weighted by molar-refractivity contribution is 9.10. The molecule has 1 aromatic carbocycles. The quantitative estimate of drug-likeness (QED) is 0.684. The third-order valence-electron chi connectivity index (χ3n) is 4.39. The van der Waals surface area contributed by atoms with Crippen LogP contribution in [0, 0.1) is 5.82 Å². The number of fused-ring (bicyclic) bond motifs is 1. The smallest absolute Gasteiger partial charge is 0.335 e. The zero-order valence-corrected chi connectivity index (χ0v) is 16.4. The first kappa shape index (κ1) is 19.1. The summed E-state index contributed by atoms with van der Waals surface area (Å²) in [6.45, 7) is 5.37. The van der Waals surface area contributed by atoms with Crippen LogP contribution >= 0.6 is 15.9 Å². The van der Waals surface area contributed by atoms with E-state index in [0.29, 0.717) is 12.1 Å². The topological polar surface area (TPSA) is 73.5 Å². The molecule has 3 rings (SSSR count). The summed E-state index contributed by atoms with van der Waals surface area (Å²) in [6, 6.07) is 2.34. The summed E-state index contributed by atoms with van der Waals surface area (Å²) < 4.78 is 22.2. The van der Waals surface area contributed by atoms with E-state index < -0.39 is 17.1 Å². The molecule has 0 atom stereocenters. The minimum absolute atomic E-state index is 0.159. The van der Waals surface area contributed by atoms with Gasteiger partial charge >= 0.3 is 5.69 Å². The van der Waals surface area contributed by atoms with E-state index in [-0.39, 0.29) is 40.7 Å². The molecule has 0 aliphatic carbocycles. The summed E-state index contributed by atoms with van der Waals surface area (Å²) in [5.74, 6) is -0.980. The lowest BCUT2D eigenvalue weighted by atomic mass is 10.2. The van der Waals surface area contributed by atoms with Crippen LogP contribution in [0.25, 0.3) is 5.69 Å². The third kappa shape index (κ3) is 3.01. The Balaban J connectivity index is 2.32. The largest absolute Gasteiger partial charge is 0.481 e. The summed E-state index contributed by atoms with van der Waals surface area (Å²) in [4.78, 5) is 38.9. The molecule has 0 spiro atoms. The van der Waals surface area contributed by atoms with Crippen molar-refractivity contribution in [3.05, 3.63) is 61.6 Å².